The standard InChI is InChI=1S/C16H24FNO/c1-16(2)9-7-12(8-10-16)18-11-15(19)13-5-3-4-6-14(13)17/h3-6,12,15,18-19H,7-11H2,1-2H3. The van der Waals surface area contributed by atoms with Crippen LogP contribution in [0.2, 0.25) is 0 Å². The Hall–Kier alpha value is -0.930. The van der Waals surface area contributed by atoms with Gasteiger partial charge in [-0.25, -0.2) is 4.39 Å². The van der Waals surface area contributed by atoms with Gasteiger partial charge in [0.2, 0.25) is 0 Å². The van der Waals surface area contributed by atoms with Gasteiger partial charge in [0.25, 0.3) is 0 Å². The van der Waals surface area contributed by atoms with Crippen LogP contribution in [0.4, 0.5) is 4.39 Å². The highest BCUT2D eigenvalue weighted by Crippen LogP contribution is 2.35. The maximum Gasteiger partial charge on any atom is 0.129 e. The molecule has 1 aliphatic carbocycles. The highest BCUT2D eigenvalue weighted by molar-refractivity contribution is 5.20. The van der Waals surface area contributed by atoms with Crippen molar-refractivity contribution in [3.05, 3.63) is 35.6 Å². The largest absolute Gasteiger partial charge is 0.387 e. The molecule has 0 amide bonds. The molecule has 2 nitrogen and oxygen atoms in total. The number of hydrogen-bond donors (Lipinski definition) is 2. The first-order chi connectivity index (χ1) is 8.98. The van der Waals surface area contributed by atoms with Crippen LogP contribution in [0.15, 0.2) is 24.3 Å². The minimum absolute atomic E-state index is 0.332. The second-order valence-corrected chi connectivity index (χ2v) is 6.38. The summed E-state index contributed by atoms with van der Waals surface area (Å²) in [6.07, 6.45) is 3.92. The summed E-state index contributed by atoms with van der Waals surface area (Å²) in [6, 6.07) is 6.88. The summed E-state index contributed by atoms with van der Waals surface area (Å²) in [5.41, 5.74) is 0.827. The van der Waals surface area contributed by atoms with Crippen molar-refractivity contribution >= 4 is 0 Å². The smallest absolute Gasteiger partial charge is 0.129 e. The molecule has 1 atom stereocenters. The van der Waals surface area contributed by atoms with E-state index in [1.54, 1.807) is 18.2 Å². The van der Waals surface area contributed by atoms with Crippen LogP contribution in [0, 0.1) is 11.2 Å². The van der Waals surface area contributed by atoms with Crippen LogP contribution in [0.5, 0.6) is 0 Å². The van der Waals surface area contributed by atoms with Gasteiger partial charge >= 0.3 is 0 Å². The fourth-order valence-corrected chi connectivity index (χ4v) is 2.74. The highest BCUT2D eigenvalue weighted by atomic mass is 19.1. The van der Waals surface area contributed by atoms with E-state index in [1.807, 2.05) is 0 Å². The van der Waals surface area contributed by atoms with Crippen molar-refractivity contribution in [2.45, 2.75) is 51.7 Å². The van der Waals surface area contributed by atoms with Gasteiger partial charge in [-0.15, -0.1) is 0 Å². The van der Waals surface area contributed by atoms with Crippen LogP contribution >= 0.6 is 0 Å². The number of hydrogen-bond acceptors (Lipinski definition) is 2. The molecule has 1 aromatic carbocycles. The third-order valence-corrected chi connectivity index (χ3v) is 4.20. The van der Waals surface area contributed by atoms with E-state index in [2.05, 4.69) is 19.2 Å². The lowest BCUT2D eigenvalue weighted by molar-refractivity contribution is 0.149. The minimum atomic E-state index is -0.767. The van der Waals surface area contributed by atoms with E-state index in [9.17, 15) is 9.50 Å². The summed E-state index contributed by atoms with van der Waals surface area (Å²) in [6.45, 7) is 5.03. The molecular weight excluding hydrogens is 241 g/mol. The maximum atomic E-state index is 13.5. The number of halogens is 1. The third-order valence-electron chi connectivity index (χ3n) is 4.20. The molecule has 1 saturated carbocycles. The van der Waals surface area contributed by atoms with Crippen molar-refractivity contribution in [3.63, 3.8) is 0 Å². The topological polar surface area (TPSA) is 32.3 Å². The lowest BCUT2D eigenvalue weighted by Gasteiger charge is -2.35. The Kier molecular flexibility index (Phi) is 4.58. The molecule has 1 fully saturated rings. The minimum Gasteiger partial charge on any atom is -0.387 e. The van der Waals surface area contributed by atoms with E-state index in [-0.39, 0.29) is 5.82 Å². The molecule has 106 valence electrons. The van der Waals surface area contributed by atoms with Crippen molar-refractivity contribution in [3.8, 4) is 0 Å². The lowest BCUT2D eigenvalue weighted by Crippen LogP contribution is -2.37. The van der Waals surface area contributed by atoms with Gasteiger partial charge in [0.1, 0.15) is 5.82 Å². The molecule has 1 unspecified atom stereocenters. The van der Waals surface area contributed by atoms with E-state index < -0.39 is 6.10 Å². The van der Waals surface area contributed by atoms with Crippen molar-refractivity contribution in [2.24, 2.45) is 5.41 Å². The van der Waals surface area contributed by atoms with Crippen LogP contribution in [-0.4, -0.2) is 17.7 Å². The Balaban J connectivity index is 1.82. The Labute approximate surface area is 115 Å². The Morgan fingerprint density at radius 2 is 1.95 bits per heavy atom. The van der Waals surface area contributed by atoms with E-state index in [1.165, 1.54) is 18.9 Å². The normalized spacial score (nSPS) is 21.3. The zero-order valence-corrected chi connectivity index (χ0v) is 11.8. The van der Waals surface area contributed by atoms with Gasteiger partial charge < -0.3 is 10.4 Å². The second kappa shape index (κ2) is 6.02. The quantitative estimate of drug-likeness (QED) is 0.874. The summed E-state index contributed by atoms with van der Waals surface area (Å²) in [4.78, 5) is 0. The molecule has 1 aliphatic rings. The predicted molar refractivity (Wildman–Crippen MR) is 75.4 cm³/mol. The molecule has 0 radical (unpaired) electrons. The number of aliphatic hydroxyl groups excluding tert-OH is 1. The van der Waals surface area contributed by atoms with E-state index in [0.29, 0.717) is 23.6 Å². The summed E-state index contributed by atoms with van der Waals surface area (Å²) in [5, 5.41) is 13.4. The SMILES string of the molecule is CC1(C)CCC(NCC(O)c2ccccc2F)CC1. The Bertz CT molecular complexity index is 409. The number of rotatable bonds is 4. The van der Waals surface area contributed by atoms with Gasteiger partial charge in [-0.3, -0.25) is 0 Å². The van der Waals surface area contributed by atoms with Gasteiger partial charge in [0.05, 0.1) is 6.10 Å². The van der Waals surface area contributed by atoms with Crippen LogP contribution in [0.3, 0.4) is 0 Å². The Morgan fingerprint density at radius 1 is 1.32 bits per heavy atom. The van der Waals surface area contributed by atoms with Gasteiger partial charge in [-0.05, 0) is 37.2 Å². The molecule has 0 aliphatic heterocycles. The summed E-state index contributed by atoms with van der Waals surface area (Å²) in [7, 11) is 0. The van der Waals surface area contributed by atoms with Crippen LogP contribution in [0.1, 0.15) is 51.2 Å². The zero-order valence-electron chi connectivity index (χ0n) is 11.8. The monoisotopic (exact) mass is 265 g/mol. The zero-order chi connectivity index (χ0) is 13.9. The van der Waals surface area contributed by atoms with Crippen LogP contribution in [0.25, 0.3) is 0 Å². The molecule has 1 aromatic rings. The first-order valence-corrected chi connectivity index (χ1v) is 7.14. The van der Waals surface area contributed by atoms with Crippen molar-refractivity contribution in [1.29, 1.82) is 0 Å². The van der Waals surface area contributed by atoms with Crippen molar-refractivity contribution in [2.75, 3.05) is 6.54 Å². The molecule has 2 N–H and O–H groups in total. The average Bonchev–Trinajstić information content (AvgIpc) is 2.38. The summed E-state index contributed by atoms with van der Waals surface area (Å²) >= 11 is 0. The van der Waals surface area contributed by atoms with Gasteiger partial charge in [0, 0.05) is 18.2 Å². The fourth-order valence-electron chi connectivity index (χ4n) is 2.74. The number of benzene rings is 1. The van der Waals surface area contributed by atoms with E-state index >= 15 is 0 Å². The summed E-state index contributed by atoms with van der Waals surface area (Å²) in [5.74, 6) is -0.332. The molecule has 0 heterocycles. The molecule has 2 rings (SSSR count). The van der Waals surface area contributed by atoms with Crippen LogP contribution < -0.4 is 5.32 Å². The van der Waals surface area contributed by atoms with Crippen LogP contribution in [-0.2, 0) is 0 Å². The number of aliphatic hydroxyl groups is 1. The van der Waals surface area contributed by atoms with Gasteiger partial charge in [-0.1, -0.05) is 32.0 Å². The summed E-state index contributed by atoms with van der Waals surface area (Å²) < 4.78 is 13.5. The van der Waals surface area contributed by atoms with Gasteiger partial charge in [-0.2, -0.15) is 0 Å². The third kappa shape index (κ3) is 4.02. The molecule has 0 spiro atoms. The lowest BCUT2D eigenvalue weighted by atomic mass is 9.75. The molecule has 0 saturated heterocycles. The highest BCUT2D eigenvalue weighted by Gasteiger charge is 2.26. The molecular formula is C16H24FNO. The average molecular weight is 265 g/mol. The van der Waals surface area contributed by atoms with Crippen molar-refractivity contribution < 1.29 is 9.50 Å². The molecule has 0 bridgehead atoms. The maximum absolute atomic E-state index is 13.5. The predicted octanol–water partition coefficient (Wildman–Crippen LogP) is 3.42. The second-order valence-electron chi connectivity index (χ2n) is 6.38. The molecule has 0 aromatic heterocycles. The van der Waals surface area contributed by atoms with E-state index in [4.69, 9.17) is 0 Å². The number of nitrogens with one attached hydrogen (secondary N) is 1. The molecule has 3 heteroatoms. The van der Waals surface area contributed by atoms with Gasteiger partial charge in [0.15, 0.2) is 0 Å². The fraction of sp³-hybridized carbons (Fsp3) is 0.625. The van der Waals surface area contributed by atoms with Crippen molar-refractivity contribution in [1.82, 2.24) is 5.32 Å². The Morgan fingerprint density at radius 3 is 2.58 bits per heavy atom. The first kappa shape index (κ1) is 14.5. The van der Waals surface area contributed by atoms with E-state index in [0.717, 1.165) is 12.8 Å². The first-order valence-electron chi connectivity index (χ1n) is 7.14. The molecule has 19 heavy (non-hydrogen) atoms.